The zero-order valence-corrected chi connectivity index (χ0v) is 27.9. The summed E-state index contributed by atoms with van der Waals surface area (Å²) in [6, 6.07) is 27.0. The SMILES string of the molecule is CCCNC(=O)C(Cc1ccccc1)N(Cc1ccc(Cl)c(Cl)c1)C(=O)CN(c1cc(C)ccc1C)S(=O)(=O)c1ccccc1. The number of halogens is 2. The summed E-state index contributed by atoms with van der Waals surface area (Å²) in [5.74, 6) is -0.882. The van der Waals surface area contributed by atoms with Crippen LogP contribution in [0.3, 0.4) is 0 Å². The number of nitrogens with one attached hydrogen (secondary N) is 1. The van der Waals surface area contributed by atoms with E-state index in [0.717, 1.165) is 15.4 Å². The summed E-state index contributed by atoms with van der Waals surface area (Å²) in [6.07, 6.45) is 0.929. The number of anilines is 1. The van der Waals surface area contributed by atoms with Crippen LogP contribution >= 0.6 is 23.2 Å². The zero-order chi connectivity index (χ0) is 32.6. The maximum atomic E-state index is 14.5. The number of rotatable bonds is 13. The molecule has 4 aromatic rings. The second-order valence-electron chi connectivity index (χ2n) is 10.9. The topological polar surface area (TPSA) is 86.8 Å². The van der Waals surface area contributed by atoms with E-state index < -0.39 is 28.5 Å². The Morgan fingerprint density at radius 3 is 2.13 bits per heavy atom. The molecule has 7 nitrogen and oxygen atoms in total. The molecule has 45 heavy (non-hydrogen) atoms. The largest absolute Gasteiger partial charge is 0.354 e. The Labute approximate surface area is 275 Å². The van der Waals surface area contributed by atoms with Gasteiger partial charge in [-0.05, 0) is 72.9 Å². The highest BCUT2D eigenvalue weighted by molar-refractivity contribution is 7.92. The van der Waals surface area contributed by atoms with Gasteiger partial charge in [0.25, 0.3) is 10.0 Å². The molecule has 0 heterocycles. The van der Waals surface area contributed by atoms with Gasteiger partial charge in [-0.15, -0.1) is 0 Å². The molecule has 10 heteroatoms. The van der Waals surface area contributed by atoms with Crippen LogP contribution in [0.5, 0.6) is 0 Å². The van der Waals surface area contributed by atoms with E-state index in [1.165, 1.54) is 17.0 Å². The number of benzene rings is 4. The van der Waals surface area contributed by atoms with Gasteiger partial charge in [0.2, 0.25) is 11.8 Å². The molecule has 0 bridgehead atoms. The Bertz CT molecular complexity index is 1730. The van der Waals surface area contributed by atoms with Crippen LogP contribution in [-0.2, 0) is 32.6 Å². The van der Waals surface area contributed by atoms with E-state index in [0.29, 0.717) is 39.8 Å². The smallest absolute Gasteiger partial charge is 0.264 e. The Balaban J connectivity index is 1.83. The van der Waals surface area contributed by atoms with Crippen molar-refractivity contribution >= 4 is 50.7 Å². The number of carbonyl (C=O) groups is 2. The first-order chi connectivity index (χ1) is 21.5. The number of aryl methyl sites for hydroxylation is 2. The fourth-order valence-electron chi connectivity index (χ4n) is 4.98. The van der Waals surface area contributed by atoms with Crippen molar-refractivity contribution in [2.45, 2.75) is 51.1 Å². The molecule has 0 aliphatic rings. The molecule has 2 amide bonds. The van der Waals surface area contributed by atoms with Crippen molar-refractivity contribution in [3.63, 3.8) is 0 Å². The van der Waals surface area contributed by atoms with Gasteiger partial charge in [-0.1, -0.05) is 96.9 Å². The molecule has 4 rings (SSSR count). The maximum Gasteiger partial charge on any atom is 0.264 e. The van der Waals surface area contributed by atoms with Crippen LogP contribution in [0.1, 0.15) is 35.6 Å². The second-order valence-corrected chi connectivity index (χ2v) is 13.6. The highest BCUT2D eigenvalue weighted by atomic mass is 35.5. The fourth-order valence-corrected chi connectivity index (χ4v) is 6.79. The lowest BCUT2D eigenvalue weighted by Crippen LogP contribution is -2.53. The van der Waals surface area contributed by atoms with Crippen molar-refractivity contribution in [2.24, 2.45) is 0 Å². The van der Waals surface area contributed by atoms with E-state index in [9.17, 15) is 18.0 Å². The van der Waals surface area contributed by atoms with Gasteiger partial charge in [-0.25, -0.2) is 8.42 Å². The minimum absolute atomic E-state index is 0.00120. The van der Waals surface area contributed by atoms with Crippen LogP contribution in [0.4, 0.5) is 5.69 Å². The first kappa shape index (κ1) is 34.0. The fraction of sp³-hybridized carbons (Fsp3) is 0.257. The van der Waals surface area contributed by atoms with Gasteiger partial charge in [0, 0.05) is 19.5 Å². The van der Waals surface area contributed by atoms with E-state index in [2.05, 4.69) is 5.32 Å². The van der Waals surface area contributed by atoms with E-state index in [-0.39, 0.29) is 23.8 Å². The first-order valence-electron chi connectivity index (χ1n) is 14.7. The van der Waals surface area contributed by atoms with Gasteiger partial charge in [0.15, 0.2) is 0 Å². The van der Waals surface area contributed by atoms with Crippen LogP contribution in [0.15, 0.2) is 102 Å². The third-order valence-electron chi connectivity index (χ3n) is 7.40. The average molecular weight is 667 g/mol. The normalized spacial score (nSPS) is 11.9. The van der Waals surface area contributed by atoms with Gasteiger partial charge >= 0.3 is 0 Å². The standard InChI is InChI=1S/C35H37Cl2N3O4S/c1-4-19-38-35(42)33(22-27-11-7-5-8-12-27)39(23-28-17-18-30(36)31(37)21-28)34(41)24-40(32-20-25(2)15-16-26(32)3)45(43,44)29-13-9-6-10-14-29/h5-18,20-21,33H,4,19,22-24H2,1-3H3,(H,38,42). The van der Waals surface area contributed by atoms with Gasteiger partial charge in [-0.3, -0.25) is 13.9 Å². The molecule has 1 unspecified atom stereocenters. The number of hydrogen-bond acceptors (Lipinski definition) is 4. The van der Waals surface area contributed by atoms with Crippen LogP contribution < -0.4 is 9.62 Å². The predicted octanol–water partition coefficient (Wildman–Crippen LogP) is 6.97. The molecular formula is C35H37Cl2N3O4S. The van der Waals surface area contributed by atoms with E-state index >= 15 is 0 Å². The van der Waals surface area contributed by atoms with E-state index in [1.54, 1.807) is 49.4 Å². The predicted molar refractivity (Wildman–Crippen MR) is 181 cm³/mol. The van der Waals surface area contributed by atoms with Crippen molar-refractivity contribution < 1.29 is 18.0 Å². The minimum Gasteiger partial charge on any atom is -0.354 e. The van der Waals surface area contributed by atoms with E-state index in [1.807, 2.05) is 56.3 Å². The molecule has 1 atom stereocenters. The Morgan fingerprint density at radius 2 is 1.49 bits per heavy atom. The van der Waals surface area contributed by atoms with Crippen LogP contribution in [0, 0.1) is 13.8 Å². The number of sulfonamides is 1. The monoisotopic (exact) mass is 665 g/mol. The summed E-state index contributed by atoms with van der Waals surface area (Å²) in [7, 11) is -4.18. The van der Waals surface area contributed by atoms with Crippen LogP contribution in [0.2, 0.25) is 10.0 Å². The van der Waals surface area contributed by atoms with Crippen molar-refractivity contribution in [3.8, 4) is 0 Å². The molecule has 4 aromatic carbocycles. The quantitative estimate of drug-likeness (QED) is 0.167. The van der Waals surface area contributed by atoms with Crippen molar-refractivity contribution in [1.82, 2.24) is 10.2 Å². The van der Waals surface area contributed by atoms with Gasteiger partial charge in [0.1, 0.15) is 12.6 Å². The zero-order valence-electron chi connectivity index (χ0n) is 25.5. The number of nitrogens with zero attached hydrogens (tertiary/aromatic N) is 2. The molecule has 0 fully saturated rings. The lowest BCUT2D eigenvalue weighted by Gasteiger charge is -2.34. The van der Waals surface area contributed by atoms with Crippen molar-refractivity contribution in [3.05, 3.63) is 129 Å². The Morgan fingerprint density at radius 1 is 0.822 bits per heavy atom. The van der Waals surface area contributed by atoms with Crippen LogP contribution in [-0.4, -0.2) is 44.3 Å². The summed E-state index contributed by atoms with van der Waals surface area (Å²) < 4.78 is 29.5. The Kier molecular flexibility index (Phi) is 11.7. The summed E-state index contributed by atoms with van der Waals surface area (Å²) in [5, 5.41) is 3.60. The molecule has 0 aromatic heterocycles. The summed E-state index contributed by atoms with van der Waals surface area (Å²) in [5.41, 5.74) is 3.40. The van der Waals surface area contributed by atoms with E-state index in [4.69, 9.17) is 23.2 Å². The highest BCUT2D eigenvalue weighted by Crippen LogP contribution is 2.29. The molecule has 0 aliphatic heterocycles. The molecule has 236 valence electrons. The number of hydrogen-bond donors (Lipinski definition) is 1. The third kappa shape index (κ3) is 8.66. The molecule has 0 saturated carbocycles. The van der Waals surface area contributed by atoms with Crippen molar-refractivity contribution in [1.29, 1.82) is 0 Å². The molecule has 0 radical (unpaired) electrons. The third-order valence-corrected chi connectivity index (χ3v) is 9.91. The molecular weight excluding hydrogens is 629 g/mol. The summed E-state index contributed by atoms with van der Waals surface area (Å²) in [6.45, 7) is 5.50. The average Bonchev–Trinajstić information content (AvgIpc) is 3.04. The number of carbonyl (C=O) groups excluding carboxylic acids is 2. The maximum absolute atomic E-state index is 14.5. The number of amides is 2. The van der Waals surface area contributed by atoms with Gasteiger partial charge in [0.05, 0.1) is 20.6 Å². The lowest BCUT2D eigenvalue weighted by molar-refractivity contribution is -0.140. The molecule has 1 N–H and O–H groups in total. The lowest BCUT2D eigenvalue weighted by atomic mass is 10.0. The van der Waals surface area contributed by atoms with Gasteiger partial charge < -0.3 is 10.2 Å². The molecule has 0 aliphatic carbocycles. The molecule has 0 spiro atoms. The van der Waals surface area contributed by atoms with Gasteiger partial charge in [-0.2, -0.15) is 0 Å². The highest BCUT2D eigenvalue weighted by Gasteiger charge is 2.35. The van der Waals surface area contributed by atoms with Crippen LogP contribution in [0.25, 0.3) is 0 Å². The minimum atomic E-state index is -4.18. The first-order valence-corrected chi connectivity index (χ1v) is 16.9. The van der Waals surface area contributed by atoms with Crippen molar-refractivity contribution in [2.75, 3.05) is 17.4 Å². The molecule has 0 saturated heterocycles. The second kappa shape index (κ2) is 15.4. The Hall–Kier alpha value is -3.85. The summed E-state index contributed by atoms with van der Waals surface area (Å²) >= 11 is 12.5. The summed E-state index contributed by atoms with van der Waals surface area (Å²) in [4.78, 5) is 29.8.